The molecule has 23 heavy (non-hydrogen) atoms. The summed E-state index contributed by atoms with van der Waals surface area (Å²) in [4.78, 5) is 4.68. The number of benzene rings is 1. The summed E-state index contributed by atoms with van der Waals surface area (Å²) >= 11 is 1.36. The van der Waals surface area contributed by atoms with Gasteiger partial charge in [0, 0.05) is 0 Å². The van der Waals surface area contributed by atoms with Crippen LogP contribution in [0.5, 0.6) is 0 Å². The third-order valence-electron chi connectivity index (χ3n) is 3.19. The van der Waals surface area contributed by atoms with E-state index in [1.807, 2.05) is 24.4 Å². The maximum absolute atomic E-state index is 12.6. The van der Waals surface area contributed by atoms with Gasteiger partial charge in [0.05, 0.1) is 10.6 Å². The first-order valence-corrected chi connectivity index (χ1v) is 9.26. The van der Waals surface area contributed by atoms with E-state index in [0.29, 0.717) is 10.4 Å². The molecule has 0 aliphatic carbocycles. The van der Waals surface area contributed by atoms with E-state index in [1.54, 1.807) is 30.3 Å². The molecular formula is C16H12N2O3S2. The van der Waals surface area contributed by atoms with Crippen molar-refractivity contribution in [3.8, 4) is 16.8 Å². The van der Waals surface area contributed by atoms with E-state index in [-0.39, 0.29) is 22.4 Å². The number of thiophene rings is 1. The summed E-state index contributed by atoms with van der Waals surface area (Å²) in [5, 5.41) is 10.6. The monoisotopic (exact) mass is 344 g/mol. The number of hydrogen-bond donors (Lipinski definition) is 0. The van der Waals surface area contributed by atoms with Crippen molar-refractivity contribution in [3.63, 3.8) is 0 Å². The van der Waals surface area contributed by atoms with E-state index in [1.165, 1.54) is 11.3 Å². The predicted octanol–water partition coefficient (Wildman–Crippen LogP) is 3.56. The van der Waals surface area contributed by atoms with Crippen LogP contribution in [0.2, 0.25) is 0 Å². The summed E-state index contributed by atoms with van der Waals surface area (Å²) < 4.78 is 30.5. The Labute approximate surface area is 137 Å². The number of hydrogen-bond acceptors (Lipinski definition) is 6. The highest BCUT2D eigenvalue weighted by Gasteiger charge is 2.27. The minimum absolute atomic E-state index is 0.152. The summed E-state index contributed by atoms with van der Waals surface area (Å²) in [6, 6.07) is 12.5. The maximum Gasteiger partial charge on any atom is 0.257 e. The summed E-state index contributed by atoms with van der Waals surface area (Å²) in [5.74, 6) is -0.0832. The van der Waals surface area contributed by atoms with E-state index in [2.05, 4.69) is 4.98 Å². The van der Waals surface area contributed by atoms with Gasteiger partial charge in [-0.25, -0.2) is 8.42 Å². The summed E-state index contributed by atoms with van der Waals surface area (Å²) in [5.41, 5.74) is 1.47. The van der Waals surface area contributed by atoms with Crippen LogP contribution in [0.15, 0.2) is 51.3 Å². The highest BCUT2D eigenvalue weighted by molar-refractivity contribution is 7.90. The zero-order valence-corrected chi connectivity index (χ0v) is 13.8. The second-order valence-corrected chi connectivity index (χ2v) is 7.83. The second kappa shape index (κ2) is 5.99. The van der Waals surface area contributed by atoms with E-state index in [0.717, 1.165) is 5.56 Å². The van der Waals surface area contributed by atoms with Crippen molar-refractivity contribution in [2.24, 2.45) is 0 Å². The van der Waals surface area contributed by atoms with Crippen LogP contribution in [0.1, 0.15) is 16.8 Å². The first kappa shape index (κ1) is 15.5. The molecule has 5 nitrogen and oxygen atoms in total. The number of aromatic nitrogens is 1. The molecule has 2 heterocycles. The largest absolute Gasteiger partial charge is 0.422 e. The van der Waals surface area contributed by atoms with Gasteiger partial charge in [-0.3, -0.25) is 0 Å². The zero-order valence-electron chi connectivity index (χ0n) is 12.2. The molecule has 0 atom stereocenters. The molecule has 3 aromatic rings. The van der Waals surface area contributed by atoms with Crippen LogP contribution >= 0.6 is 11.3 Å². The standard InChI is InChI=1S/C16H12N2O3S2/c1-11-4-6-12(7-5-11)10-23(19,20)16-13(9-17)18-15(21-16)14-3-2-8-22-14/h2-8H,10H2,1H3. The van der Waals surface area contributed by atoms with E-state index in [4.69, 9.17) is 9.68 Å². The van der Waals surface area contributed by atoms with Crippen molar-refractivity contribution >= 4 is 21.2 Å². The third-order valence-corrected chi connectivity index (χ3v) is 5.61. The molecule has 0 amide bonds. The lowest BCUT2D eigenvalue weighted by Crippen LogP contribution is -2.05. The molecular weight excluding hydrogens is 332 g/mol. The maximum atomic E-state index is 12.6. The Morgan fingerprint density at radius 1 is 1.26 bits per heavy atom. The average Bonchev–Trinajstić information content (AvgIpc) is 3.18. The van der Waals surface area contributed by atoms with Crippen LogP contribution in [0.25, 0.3) is 10.8 Å². The molecule has 0 N–H and O–H groups in total. The van der Waals surface area contributed by atoms with Gasteiger partial charge in [0.2, 0.25) is 15.7 Å². The molecule has 1 aromatic carbocycles. The number of oxazole rings is 1. The lowest BCUT2D eigenvalue weighted by molar-refractivity contribution is 0.458. The molecule has 0 saturated heterocycles. The summed E-state index contributed by atoms with van der Waals surface area (Å²) in [6.45, 7) is 1.93. The fourth-order valence-electron chi connectivity index (χ4n) is 2.06. The normalized spacial score (nSPS) is 11.3. The fourth-order valence-corrected chi connectivity index (χ4v) is 4.07. The molecule has 0 spiro atoms. The SMILES string of the molecule is Cc1ccc(CS(=O)(=O)c2oc(-c3cccs3)nc2C#N)cc1. The summed E-state index contributed by atoms with van der Waals surface area (Å²) in [7, 11) is -3.79. The number of aryl methyl sites for hydroxylation is 1. The molecule has 3 rings (SSSR count). The van der Waals surface area contributed by atoms with E-state index >= 15 is 0 Å². The fraction of sp³-hybridized carbons (Fsp3) is 0.125. The minimum Gasteiger partial charge on any atom is -0.422 e. The van der Waals surface area contributed by atoms with Gasteiger partial charge in [-0.1, -0.05) is 35.9 Å². The van der Waals surface area contributed by atoms with E-state index in [9.17, 15) is 8.42 Å². The first-order chi connectivity index (χ1) is 11.0. The van der Waals surface area contributed by atoms with Crippen molar-refractivity contribution in [2.75, 3.05) is 0 Å². The van der Waals surface area contributed by atoms with Gasteiger partial charge in [0.25, 0.3) is 5.09 Å². The molecule has 0 aliphatic rings. The van der Waals surface area contributed by atoms with Crippen LogP contribution in [-0.4, -0.2) is 13.4 Å². The van der Waals surface area contributed by atoms with Gasteiger partial charge < -0.3 is 4.42 Å². The zero-order chi connectivity index (χ0) is 16.4. The Morgan fingerprint density at radius 3 is 2.61 bits per heavy atom. The number of sulfone groups is 1. The number of rotatable bonds is 4. The predicted molar refractivity (Wildman–Crippen MR) is 86.6 cm³/mol. The van der Waals surface area contributed by atoms with Gasteiger partial charge in [0.15, 0.2) is 5.69 Å². The van der Waals surface area contributed by atoms with Crippen molar-refractivity contribution in [2.45, 2.75) is 17.8 Å². The van der Waals surface area contributed by atoms with Gasteiger partial charge in [0.1, 0.15) is 6.07 Å². The molecule has 0 aliphatic heterocycles. The van der Waals surface area contributed by atoms with Crippen LogP contribution in [0.3, 0.4) is 0 Å². The molecule has 116 valence electrons. The second-order valence-electron chi connectivity index (χ2n) is 4.99. The van der Waals surface area contributed by atoms with Gasteiger partial charge in [-0.2, -0.15) is 10.2 Å². The van der Waals surface area contributed by atoms with Crippen molar-refractivity contribution in [3.05, 3.63) is 58.6 Å². The first-order valence-electron chi connectivity index (χ1n) is 6.73. The van der Waals surface area contributed by atoms with Crippen LogP contribution in [0.4, 0.5) is 0 Å². The topological polar surface area (TPSA) is 84.0 Å². The summed E-state index contributed by atoms with van der Waals surface area (Å²) in [6.07, 6.45) is 0. The number of nitrogens with zero attached hydrogens (tertiary/aromatic N) is 2. The lowest BCUT2D eigenvalue weighted by Gasteiger charge is -2.02. The Morgan fingerprint density at radius 2 is 2.00 bits per heavy atom. The van der Waals surface area contributed by atoms with Crippen LogP contribution in [-0.2, 0) is 15.6 Å². The Kier molecular flexibility index (Phi) is 4.03. The Hall–Kier alpha value is -2.43. The smallest absolute Gasteiger partial charge is 0.257 e. The molecule has 0 unspecified atom stereocenters. The van der Waals surface area contributed by atoms with Crippen LogP contribution in [0, 0.1) is 18.3 Å². The molecule has 0 bridgehead atoms. The molecule has 2 aromatic heterocycles. The number of nitriles is 1. The third kappa shape index (κ3) is 3.18. The van der Waals surface area contributed by atoms with E-state index < -0.39 is 9.84 Å². The lowest BCUT2D eigenvalue weighted by atomic mass is 10.2. The quantitative estimate of drug-likeness (QED) is 0.722. The van der Waals surface area contributed by atoms with Gasteiger partial charge in [-0.05, 0) is 23.9 Å². The van der Waals surface area contributed by atoms with Gasteiger partial charge in [-0.15, -0.1) is 11.3 Å². The van der Waals surface area contributed by atoms with Crippen molar-refractivity contribution in [1.82, 2.24) is 4.98 Å². The molecule has 0 radical (unpaired) electrons. The van der Waals surface area contributed by atoms with Crippen LogP contribution < -0.4 is 0 Å². The molecule has 7 heteroatoms. The van der Waals surface area contributed by atoms with Crippen molar-refractivity contribution in [1.29, 1.82) is 5.26 Å². The average molecular weight is 344 g/mol. The Balaban J connectivity index is 1.99. The van der Waals surface area contributed by atoms with Gasteiger partial charge >= 0.3 is 0 Å². The molecule has 0 fully saturated rings. The molecule has 0 saturated carbocycles. The highest BCUT2D eigenvalue weighted by atomic mass is 32.2. The Bertz CT molecular complexity index is 964. The highest BCUT2D eigenvalue weighted by Crippen LogP contribution is 2.29. The van der Waals surface area contributed by atoms with Crippen molar-refractivity contribution < 1.29 is 12.8 Å². The minimum atomic E-state index is -3.79.